The SMILES string of the molecule is CC(=O)SCC(=O)c1cccc(S(=O)(=O)Nc2ccc3sccc3c2)c1. The maximum absolute atomic E-state index is 12.6. The first-order valence-electron chi connectivity index (χ1n) is 7.62. The van der Waals surface area contributed by atoms with Crippen molar-refractivity contribution >= 4 is 59.8 Å². The molecule has 2 aromatic carbocycles. The fourth-order valence-corrected chi connectivity index (χ4v) is 4.70. The molecule has 0 aliphatic heterocycles. The molecule has 0 saturated carbocycles. The van der Waals surface area contributed by atoms with Gasteiger partial charge in [-0.15, -0.1) is 11.3 Å². The molecular weight excluding hydrogens is 390 g/mol. The number of benzene rings is 2. The van der Waals surface area contributed by atoms with Crippen LogP contribution >= 0.6 is 23.1 Å². The predicted octanol–water partition coefficient (Wildman–Crippen LogP) is 4.16. The van der Waals surface area contributed by atoms with Gasteiger partial charge in [0.1, 0.15) is 0 Å². The van der Waals surface area contributed by atoms with Gasteiger partial charge in [-0.05, 0) is 47.2 Å². The Morgan fingerprint density at radius 2 is 1.92 bits per heavy atom. The molecule has 0 unspecified atom stereocenters. The van der Waals surface area contributed by atoms with Crippen LogP contribution in [0.5, 0.6) is 0 Å². The molecule has 0 amide bonds. The van der Waals surface area contributed by atoms with Crippen LogP contribution in [0.15, 0.2) is 58.8 Å². The van der Waals surface area contributed by atoms with E-state index in [9.17, 15) is 18.0 Å². The average molecular weight is 406 g/mol. The summed E-state index contributed by atoms with van der Waals surface area (Å²) in [6.07, 6.45) is 0. The number of thiophene rings is 1. The minimum absolute atomic E-state index is 0.00147. The highest BCUT2D eigenvalue weighted by atomic mass is 32.2. The maximum atomic E-state index is 12.6. The van der Waals surface area contributed by atoms with Gasteiger partial charge in [-0.3, -0.25) is 14.3 Å². The summed E-state index contributed by atoms with van der Waals surface area (Å²) in [6.45, 7) is 1.38. The lowest BCUT2D eigenvalue weighted by molar-refractivity contribution is -0.109. The summed E-state index contributed by atoms with van der Waals surface area (Å²) in [5.74, 6) is -0.303. The van der Waals surface area contributed by atoms with Crippen molar-refractivity contribution in [1.82, 2.24) is 0 Å². The molecule has 3 aromatic rings. The summed E-state index contributed by atoms with van der Waals surface area (Å²) in [5, 5.41) is 2.74. The van der Waals surface area contributed by atoms with Crippen LogP contribution in [0.1, 0.15) is 17.3 Å². The lowest BCUT2D eigenvalue weighted by atomic mass is 10.1. The van der Waals surface area contributed by atoms with Crippen LogP contribution in [-0.4, -0.2) is 25.1 Å². The first kappa shape index (κ1) is 18.6. The normalized spacial score (nSPS) is 11.4. The molecule has 5 nitrogen and oxygen atoms in total. The molecule has 1 aromatic heterocycles. The molecule has 26 heavy (non-hydrogen) atoms. The fourth-order valence-electron chi connectivity index (χ4n) is 2.33. The Bertz CT molecular complexity index is 1090. The average Bonchev–Trinajstić information content (AvgIpc) is 3.07. The van der Waals surface area contributed by atoms with Crippen molar-refractivity contribution in [3.8, 4) is 0 Å². The molecule has 0 spiro atoms. The molecule has 0 radical (unpaired) electrons. The Kier molecular flexibility index (Phi) is 5.45. The lowest BCUT2D eigenvalue weighted by Crippen LogP contribution is -2.14. The molecule has 8 heteroatoms. The summed E-state index contributed by atoms with van der Waals surface area (Å²) < 4.78 is 28.9. The zero-order valence-electron chi connectivity index (χ0n) is 13.8. The van der Waals surface area contributed by atoms with E-state index in [0.717, 1.165) is 21.8 Å². The number of fused-ring (bicyclic) bond motifs is 1. The molecule has 1 N–H and O–H groups in total. The number of thioether (sulfide) groups is 1. The summed E-state index contributed by atoms with van der Waals surface area (Å²) in [5.41, 5.74) is 0.717. The molecule has 1 heterocycles. The van der Waals surface area contributed by atoms with E-state index >= 15 is 0 Å². The van der Waals surface area contributed by atoms with Crippen molar-refractivity contribution < 1.29 is 18.0 Å². The van der Waals surface area contributed by atoms with E-state index in [-0.39, 0.29) is 27.1 Å². The molecule has 0 bridgehead atoms. The van der Waals surface area contributed by atoms with Gasteiger partial charge in [-0.1, -0.05) is 23.9 Å². The molecule has 0 saturated heterocycles. The number of hydrogen-bond acceptors (Lipinski definition) is 6. The number of nitrogens with one attached hydrogen (secondary N) is 1. The molecule has 3 rings (SSSR count). The number of carbonyl (C=O) groups is 2. The third-order valence-corrected chi connectivity index (χ3v) is 6.67. The second kappa shape index (κ2) is 7.61. The molecule has 134 valence electrons. The van der Waals surface area contributed by atoms with Crippen LogP contribution in [-0.2, 0) is 14.8 Å². The van der Waals surface area contributed by atoms with Crippen LogP contribution in [0.3, 0.4) is 0 Å². The minimum atomic E-state index is -3.82. The second-order valence-corrected chi connectivity index (χ2v) is 9.29. The van der Waals surface area contributed by atoms with Crippen LogP contribution in [0.4, 0.5) is 5.69 Å². The second-order valence-electron chi connectivity index (χ2n) is 5.51. The Balaban J connectivity index is 1.83. The number of hydrogen-bond donors (Lipinski definition) is 1. The van der Waals surface area contributed by atoms with Crippen molar-refractivity contribution in [3.63, 3.8) is 0 Å². The molecule has 0 aliphatic carbocycles. The largest absolute Gasteiger partial charge is 0.293 e. The van der Waals surface area contributed by atoms with Crippen molar-refractivity contribution in [3.05, 3.63) is 59.5 Å². The Labute approximate surface area is 159 Å². The van der Waals surface area contributed by atoms with Gasteiger partial charge in [-0.2, -0.15) is 0 Å². The first-order chi connectivity index (χ1) is 12.3. The third kappa shape index (κ3) is 4.32. The highest BCUT2D eigenvalue weighted by Gasteiger charge is 2.17. The van der Waals surface area contributed by atoms with Gasteiger partial charge in [-0.25, -0.2) is 8.42 Å². The molecular formula is C18H15NO4S3. The van der Waals surface area contributed by atoms with Gasteiger partial charge >= 0.3 is 0 Å². The zero-order chi connectivity index (χ0) is 18.7. The van der Waals surface area contributed by atoms with Crippen LogP contribution < -0.4 is 4.72 Å². The van der Waals surface area contributed by atoms with Crippen LogP contribution in [0.2, 0.25) is 0 Å². The van der Waals surface area contributed by atoms with Crippen molar-refractivity contribution in [2.24, 2.45) is 0 Å². The summed E-state index contributed by atoms with van der Waals surface area (Å²) in [7, 11) is -3.82. The van der Waals surface area contributed by atoms with Crippen LogP contribution in [0, 0.1) is 0 Å². The Morgan fingerprint density at radius 3 is 2.69 bits per heavy atom. The quantitative estimate of drug-likeness (QED) is 0.623. The monoisotopic (exact) mass is 405 g/mol. The molecule has 0 aliphatic rings. The van der Waals surface area contributed by atoms with E-state index in [0.29, 0.717) is 5.69 Å². The first-order valence-corrected chi connectivity index (χ1v) is 11.0. The Morgan fingerprint density at radius 1 is 1.12 bits per heavy atom. The highest BCUT2D eigenvalue weighted by Crippen LogP contribution is 2.25. The summed E-state index contributed by atoms with van der Waals surface area (Å²) in [4.78, 5) is 23.1. The van der Waals surface area contributed by atoms with E-state index in [1.807, 2.05) is 17.5 Å². The number of rotatable bonds is 6. The third-order valence-electron chi connectivity index (χ3n) is 3.58. The number of ketones is 1. The van der Waals surface area contributed by atoms with E-state index in [1.54, 1.807) is 29.5 Å². The fraction of sp³-hybridized carbons (Fsp3) is 0.111. The van der Waals surface area contributed by atoms with E-state index in [4.69, 9.17) is 0 Å². The summed E-state index contributed by atoms with van der Waals surface area (Å²) >= 11 is 2.48. The van der Waals surface area contributed by atoms with Gasteiger partial charge in [0, 0.05) is 22.9 Å². The maximum Gasteiger partial charge on any atom is 0.261 e. The Hall–Kier alpha value is -2.16. The van der Waals surface area contributed by atoms with Gasteiger partial charge < -0.3 is 0 Å². The zero-order valence-corrected chi connectivity index (χ0v) is 16.2. The van der Waals surface area contributed by atoms with Crippen molar-refractivity contribution in [2.45, 2.75) is 11.8 Å². The van der Waals surface area contributed by atoms with Gasteiger partial charge in [0.25, 0.3) is 10.0 Å². The highest BCUT2D eigenvalue weighted by molar-refractivity contribution is 8.14. The summed E-state index contributed by atoms with van der Waals surface area (Å²) in [6, 6.07) is 13.1. The van der Waals surface area contributed by atoms with E-state index < -0.39 is 10.0 Å². The van der Waals surface area contributed by atoms with Crippen LogP contribution in [0.25, 0.3) is 10.1 Å². The minimum Gasteiger partial charge on any atom is -0.293 e. The molecule has 0 atom stereocenters. The predicted molar refractivity (Wildman–Crippen MR) is 107 cm³/mol. The van der Waals surface area contributed by atoms with E-state index in [1.165, 1.54) is 25.1 Å². The van der Waals surface area contributed by atoms with E-state index in [2.05, 4.69) is 4.72 Å². The topological polar surface area (TPSA) is 80.3 Å². The molecule has 0 fully saturated rings. The number of sulfonamides is 1. The lowest BCUT2D eigenvalue weighted by Gasteiger charge is -2.09. The number of anilines is 1. The smallest absolute Gasteiger partial charge is 0.261 e. The van der Waals surface area contributed by atoms with Crippen molar-refractivity contribution in [2.75, 3.05) is 10.5 Å². The number of Topliss-reactive ketones (excluding diaryl/α,β-unsaturated/α-hetero) is 1. The number of carbonyl (C=O) groups excluding carboxylic acids is 2. The standard InChI is InChI=1S/C18H15NO4S3/c1-12(20)25-11-17(21)13-3-2-4-16(10-13)26(22,23)19-15-5-6-18-14(9-15)7-8-24-18/h2-10,19H,11H2,1H3. The van der Waals surface area contributed by atoms with Gasteiger partial charge in [0.05, 0.1) is 10.6 Å². The van der Waals surface area contributed by atoms with Gasteiger partial charge in [0.15, 0.2) is 10.9 Å². The van der Waals surface area contributed by atoms with Crippen molar-refractivity contribution in [1.29, 1.82) is 0 Å². The van der Waals surface area contributed by atoms with Gasteiger partial charge in [0.2, 0.25) is 0 Å².